The van der Waals surface area contributed by atoms with Crippen LogP contribution in [0.2, 0.25) is 0 Å². The highest BCUT2D eigenvalue weighted by Gasteiger charge is 2.45. The number of hydrogen-bond donors (Lipinski definition) is 2. The first-order valence-electron chi connectivity index (χ1n) is 8.96. The van der Waals surface area contributed by atoms with Crippen LogP contribution in [0.4, 0.5) is 5.69 Å². The summed E-state index contributed by atoms with van der Waals surface area (Å²) in [5, 5.41) is 12.7. The van der Waals surface area contributed by atoms with Crippen molar-refractivity contribution in [3.63, 3.8) is 0 Å². The Bertz CT molecular complexity index is 563. The highest BCUT2D eigenvalue weighted by atomic mass is 16.3. The molecule has 1 heterocycles. The molecule has 1 aliphatic heterocycles. The van der Waals surface area contributed by atoms with Crippen molar-refractivity contribution in [3.05, 3.63) is 29.8 Å². The van der Waals surface area contributed by atoms with E-state index in [9.17, 15) is 5.11 Å². The predicted octanol–water partition coefficient (Wildman–Crippen LogP) is 2.91. The van der Waals surface area contributed by atoms with Gasteiger partial charge in [0, 0.05) is 37.3 Å². The van der Waals surface area contributed by atoms with Crippen LogP contribution >= 0.6 is 0 Å². The van der Waals surface area contributed by atoms with Crippen LogP contribution in [0.1, 0.15) is 45.1 Å². The summed E-state index contributed by atoms with van der Waals surface area (Å²) >= 11 is 0. The molecule has 4 heteroatoms. The number of nitrogens with zero attached hydrogens (tertiary/aromatic N) is 2. The van der Waals surface area contributed by atoms with Crippen molar-refractivity contribution in [2.75, 3.05) is 31.1 Å². The number of aliphatic hydroxyl groups is 1. The molecule has 1 atom stereocenters. The molecule has 1 fully saturated rings. The Hall–Kier alpha value is -1.55. The van der Waals surface area contributed by atoms with Crippen molar-refractivity contribution in [2.24, 2.45) is 10.9 Å². The first kappa shape index (κ1) is 16.3. The Labute approximate surface area is 139 Å². The molecule has 0 aromatic heterocycles. The fourth-order valence-electron chi connectivity index (χ4n) is 3.99. The number of anilines is 1. The zero-order valence-electron chi connectivity index (χ0n) is 14.4. The van der Waals surface area contributed by atoms with E-state index in [2.05, 4.69) is 41.4 Å². The van der Waals surface area contributed by atoms with Gasteiger partial charge in [-0.1, -0.05) is 38.0 Å². The van der Waals surface area contributed by atoms with Gasteiger partial charge in [-0.05, 0) is 37.3 Å². The number of benzene rings is 1. The van der Waals surface area contributed by atoms with Crippen molar-refractivity contribution in [3.8, 4) is 0 Å². The van der Waals surface area contributed by atoms with Gasteiger partial charge in [-0.3, -0.25) is 4.99 Å². The summed E-state index contributed by atoms with van der Waals surface area (Å²) in [6.45, 7) is 6.87. The van der Waals surface area contributed by atoms with Crippen molar-refractivity contribution in [2.45, 2.75) is 44.9 Å². The molecule has 0 radical (unpaired) electrons. The maximum atomic E-state index is 9.26. The second-order valence-corrected chi connectivity index (χ2v) is 7.07. The Morgan fingerprint density at radius 3 is 2.78 bits per heavy atom. The smallest absolute Gasteiger partial charge is 0.198 e. The molecule has 2 N–H and O–H groups in total. The normalized spacial score (nSPS) is 20.8. The number of guanidine groups is 1. The van der Waals surface area contributed by atoms with Gasteiger partial charge in [0.05, 0.1) is 0 Å². The fraction of sp³-hybridized carbons (Fsp3) is 0.632. The Morgan fingerprint density at radius 2 is 2.09 bits per heavy atom. The first-order chi connectivity index (χ1) is 11.2. The highest BCUT2D eigenvalue weighted by molar-refractivity contribution is 5.98. The summed E-state index contributed by atoms with van der Waals surface area (Å²) < 4.78 is 0. The van der Waals surface area contributed by atoms with Crippen LogP contribution in [0.3, 0.4) is 0 Å². The summed E-state index contributed by atoms with van der Waals surface area (Å²) in [6.07, 6.45) is 5.23. The summed E-state index contributed by atoms with van der Waals surface area (Å²) in [5.41, 5.74) is 3.12. The lowest BCUT2D eigenvalue weighted by Gasteiger charge is -2.27. The standard InChI is InChI=1S/C19H29N3O/c1-3-20-18(21-12-15(2)13-23)22-14-19(10-6-7-11-19)16-8-4-5-9-17(16)22/h4-5,8-9,15,23H,3,6-7,10-14H2,1-2H3,(H,20,21). The fourth-order valence-corrected chi connectivity index (χ4v) is 3.99. The zero-order chi connectivity index (χ0) is 16.3. The van der Waals surface area contributed by atoms with Crippen molar-refractivity contribution < 1.29 is 5.11 Å². The SMILES string of the molecule is CCNC(=NCC(C)CO)N1CC2(CCCC2)c2ccccc21. The maximum Gasteiger partial charge on any atom is 0.198 e. The van der Waals surface area contributed by atoms with Gasteiger partial charge in [0.1, 0.15) is 0 Å². The van der Waals surface area contributed by atoms with E-state index >= 15 is 0 Å². The number of fused-ring (bicyclic) bond motifs is 2. The van der Waals surface area contributed by atoms with E-state index in [1.165, 1.54) is 36.9 Å². The van der Waals surface area contributed by atoms with Gasteiger partial charge >= 0.3 is 0 Å². The van der Waals surface area contributed by atoms with Gasteiger partial charge in [0.25, 0.3) is 0 Å². The van der Waals surface area contributed by atoms with Crippen LogP contribution in [-0.4, -0.2) is 37.3 Å². The quantitative estimate of drug-likeness (QED) is 0.663. The summed E-state index contributed by atoms with van der Waals surface area (Å²) in [7, 11) is 0. The van der Waals surface area contributed by atoms with E-state index < -0.39 is 0 Å². The summed E-state index contributed by atoms with van der Waals surface area (Å²) in [6, 6.07) is 8.82. The first-order valence-corrected chi connectivity index (χ1v) is 8.96. The number of para-hydroxylation sites is 1. The summed E-state index contributed by atoms with van der Waals surface area (Å²) in [4.78, 5) is 7.16. The van der Waals surface area contributed by atoms with Crippen molar-refractivity contribution in [1.29, 1.82) is 0 Å². The van der Waals surface area contributed by atoms with E-state index in [1.54, 1.807) is 0 Å². The molecule has 0 saturated heterocycles. The molecule has 126 valence electrons. The monoisotopic (exact) mass is 315 g/mol. The van der Waals surface area contributed by atoms with Gasteiger partial charge in [0.2, 0.25) is 0 Å². The van der Waals surface area contributed by atoms with Gasteiger partial charge in [-0.2, -0.15) is 0 Å². The topological polar surface area (TPSA) is 47.9 Å². The van der Waals surface area contributed by atoms with Gasteiger partial charge in [-0.25, -0.2) is 0 Å². The number of nitrogens with one attached hydrogen (secondary N) is 1. The summed E-state index contributed by atoms with van der Waals surface area (Å²) in [5.74, 6) is 1.16. The zero-order valence-corrected chi connectivity index (χ0v) is 14.4. The minimum absolute atomic E-state index is 0.184. The van der Waals surface area contributed by atoms with Crippen LogP contribution in [0.5, 0.6) is 0 Å². The molecule has 4 nitrogen and oxygen atoms in total. The Morgan fingerprint density at radius 1 is 1.35 bits per heavy atom. The van der Waals surface area contributed by atoms with Crippen LogP contribution in [0.25, 0.3) is 0 Å². The second-order valence-electron chi connectivity index (χ2n) is 7.07. The number of hydrogen-bond acceptors (Lipinski definition) is 2. The third-order valence-electron chi connectivity index (χ3n) is 5.24. The minimum atomic E-state index is 0.184. The largest absolute Gasteiger partial charge is 0.396 e. The highest BCUT2D eigenvalue weighted by Crippen LogP contribution is 2.50. The number of aliphatic imine (C=N–C) groups is 1. The molecule has 1 spiro atoms. The number of aliphatic hydroxyl groups excluding tert-OH is 1. The third kappa shape index (κ3) is 3.09. The van der Waals surface area contributed by atoms with E-state index in [-0.39, 0.29) is 12.5 Å². The number of rotatable bonds is 4. The van der Waals surface area contributed by atoms with Crippen LogP contribution < -0.4 is 10.2 Å². The molecule has 0 bridgehead atoms. The van der Waals surface area contributed by atoms with Gasteiger partial charge in [0.15, 0.2) is 5.96 Å². The van der Waals surface area contributed by atoms with Crippen LogP contribution in [0.15, 0.2) is 29.3 Å². The van der Waals surface area contributed by atoms with E-state index in [4.69, 9.17) is 4.99 Å². The van der Waals surface area contributed by atoms with Crippen molar-refractivity contribution >= 4 is 11.6 Å². The molecule has 3 rings (SSSR count). The molecule has 0 amide bonds. The molecule has 23 heavy (non-hydrogen) atoms. The molecular weight excluding hydrogens is 286 g/mol. The lowest BCUT2D eigenvalue weighted by molar-refractivity contribution is 0.241. The third-order valence-corrected chi connectivity index (χ3v) is 5.24. The molecule has 1 aromatic rings. The average molecular weight is 315 g/mol. The molecular formula is C19H29N3O. The minimum Gasteiger partial charge on any atom is -0.396 e. The lowest BCUT2D eigenvalue weighted by Crippen LogP contribution is -2.43. The Kier molecular flexibility index (Phi) is 4.90. The van der Waals surface area contributed by atoms with E-state index in [0.29, 0.717) is 12.0 Å². The van der Waals surface area contributed by atoms with Gasteiger partial charge < -0.3 is 15.3 Å². The van der Waals surface area contributed by atoms with E-state index in [0.717, 1.165) is 19.0 Å². The van der Waals surface area contributed by atoms with Crippen molar-refractivity contribution in [1.82, 2.24) is 5.32 Å². The van der Waals surface area contributed by atoms with Crippen LogP contribution in [-0.2, 0) is 5.41 Å². The average Bonchev–Trinajstić information content (AvgIpc) is 3.18. The molecule has 1 saturated carbocycles. The molecule has 1 aromatic carbocycles. The van der Waals surface area contributed by atoms with E-state index in [1.807, 2.05) is 6.92 Å². The van der Waals surface area contributed by atoms with Gasteiger partial charge in [-0.15, -0.1) is 0 Å². The Balaban J connectivity index is 1.91. The molecule has 2 aliphatic rings. The molecule has 1 unspecified atom stereocenters. The maximum absolute atomic E-state index is 9.26. The molecule has 1 aliphatic carbocycles. The second kappa shape index (κ2) is 6.91. The lowest BCUT2D eigenvalue weighted by atomic mass is 9.81. The predicted molar refractivity (Wildman–Crippen MR) is 96.2 cm³/mol. The van der Waals surface area contributed by atoms with Crippen LogP contribution in [0, 0.1) is 5.92 Å².